The van der Waals surface area contributed by atoms with Crippen molar-refractivity contribution in [2.45, 2.75) is 25.4 Å². The first-order chi connectivity index (χ1) is 10.3. The van der Waals surface area contributed by atoms with Crippen LogP contribution in [0.1, 0.15) is 19.3 Å². The highest BCUT2D eigenvalue weighted by Crippen LogP contribution is 2.31. The largest absolute Gasteiger partial charge is 0.485 e. The van der Waals surface area contributed by atoms with E-state index in [2.05, 4.69) is 15.9 Å². The molecule has 0 aromatic heterocycles. The number of piperidine rings is 1. The number of benzene rings is 1. The Morgan fingerprint density at radius 1 is 1.33 bits per heavy atom. The molecule has 1 aromatic rings. The summed E-state index contributed by atoms with van der Waals surface area (Å²) >= 11 is 3.49. The Kier molecular flexibility index (Phi) is 4.68. The van der Waals surface area contributed by atoms with Crippen LogP contribution in [0.4, 0.5) is 0 Å². The maximum Gasteiger partial charge on any atom is 0.267 e. The summed E-state index contributed by atoms with van der Waals surface area (Å²) in [6, 6.07) is 7.50. The molecule has 1 saturated heterocycles. The summed E-state index contributed by atoms with van der Waals surface area (Å²) in [5, 5.41) is 0.996. The Morgan fingerprint density at radius 3 is 2.95 bits per heavy atom. The lowest BCUT2D eigenvalue weighted by molar-refractivity contribution is -0.143. The zero-order chi connectivity index (χ0) is 14.7. The van der Waals surface area contributed by atoms with Crippen molar-refractivity contribution in [3.05, 3.63) is 24.3 Å². The molecule has 21 heavy (non-hydrogen) atoms. The first-order valence-electron chi connectivity index (χ1n) is 7.51. The molecule has 2 unspecified atom stereocenters. The molecule has 4 nitrogen and oxygen atoms in total. The first kappa shape index (κ1) is 14.7. The maximum atomic E-state index is 12.6. The highest BCUT2D eigenvalue weighted by atomic mass is 79.9. The Morgan fingerprint density at radius 2 is 2.14 bits per heavy atom. The molecule has 2 aliphatic heterocycles. The lowest BCUT2D eigenvalue weighted by Crippen LogP contribution is -2.49. The van der Waals surface area contributed by atoms with Crippen molar-refractivity contribution in [2.75, 3.05) is 25.0 Å². The normalized spacial score (nSPS) is 24.7. The fourth-order valence-corrected chi connectivity index (χ4v) is 3.65. The van der Waals surface area contributed by atoms with Crippen LogP contribution in [0, 0.1) is 5.92 Å². The molecule has 0 radical (unpaired) electrons. The SMILES string of the molecule is O=C(C1COc2ccccc2O1)N1CCCC(CCBr)C1. The lowest BCUT2D eigenvalue weighted by atomic mass is 9.95. The van der Waals surface area contributed by atoms with E-state index in [1.54, 1.807) is 0 Å². The quantitative estimate of drug-likeness (QED) is 0.784. The van der Waals surface area contributed by atoms with E-state index in [-0.39, 0.29) is 5.91 Å². The van der Waals surface area contributed by atoms with E-state index < -0.39 is 6.10 Å². The van der Waals surface area contributed by atoms with Crippen molar-refractivity contribution >= 4 is 21.8 Å². The van der Waals surface area contributed by atoms with Crippen molar-refractivity contribution < 1.29 is 14.3 Å². The van der Waals surface area contributed by atoms with Crippen LogP contribution in [0.3, 0.4) is 0 Å². The minimum Gasteiger partial charge on any atom is -0.485 e. The molecule has 114 valence electrons. The van der Waals surface area contributed by atoms with Gasteiger partial charge in [-0.05, 0) is 37.3 Å². The van der Waals surface area contributed by atoms with Gasteiger partial charge in [0.25, 0.3) is 5.91 Å². The summed E-state index contributed by atoms with van der Waals surface area (Å²) in [6.07, 6.45) is 2.89. The molecule has 1 fully saturated rings. The second-order valence-electron chi connectivity index (χ2n) is 5.63. The number of hydrogen-bond acceptors (Lipinski definition) is 3. The fraction of sp³-hybridized carbons (Fsp3) is 0.562. The summed E-state index contributed by atoms with van der Waals surface area (Å²) in [7, 11) is 0. The molecule has 2 aliphatic rings. The molecular formula is C16H20BrNO3. The van der Waals surface area contributed by atoms with Gasteiger partial charge in [0.05, 0.1) is 0 Å². The van der Waals surface area contributed by atoms with E-state index in [9.17, 15) is 4.79 Å². The number of ether oxygens (including phenoxy) is 2. The van der Waals surface area contributed by atoms with Gasteiger partial charge in [-0.25, -0.2) is 0 Å². The van der Waals surface area contributed by atoms with Gasteiger partial charge in [0.15, 0.2) is 11.5 Å². The third-order valence-electron chi connectivity index (χ3n) is 4.13. The van der Waals surface area contributed by atoms with Crippen molar-refractivity contribution in [3.8, 4) is 11.5 Å². The molecule has 0 spiro atoms. The first-order valence-corrected chi connectivity index (χ1v) is 8.63. The molecule has 0 saturated carbocycles. The topological polar surface area (TPSA) is 38.8 Å². The van der Waals surface area contributed by atoms with Crippen molar-refractivity contribution in [1.29, 1.82) is 0 Å². The predicted molar refractivity (Wildman–Crippen MR) is 84.1 cm³/mol. The van der Waals surface area contributed by atoms with E-state index in [1.807, 2.05) is 29.2 Å². The number of carbonyl (C=O) groups is 1. The molecular weight excluding hydrogens is 334 g/mol. The smallest absolute Gasteiger partial charge is 0.267 e. The van der Waals surface area contributed by atoms with Crippen LogP contribution >= 0.6 is 15.9 Å². The van der Waals surface area contributed by atoms with Crippen LogP contribution in [-0.4, -0.2) is 41.9 Å². The number of hydrogen-bond donors (Lipinski definition) is 0. The minimum absolute atomic E-state index is 0.0591. The number of alkyl halides is 1. The predicted octanol–water partition coefficient (Wildman–Crippen LogP) is 2.85. The number of fused-ring (bicyclic) bond motifs is 1. The average Bonchev–Trinajstić information content (AvgIpc) is 2.54. The van der Waals surface area contributed by atoms with Gasteiger partial charge in [-0.15, -0.1) is 0 Å². The number of halogens is 1. The standard InChI is InChI=1S/C16H20BrNO3/c17-8-7-12-4-3-9-18(10-12)16(19)15-11-20-13-5-1-2-6-14(13)21-15/h1-2,5-6,12,15H,3-4,7-11H2. The summed E-state index contributed by atoms with van der Waals surface area (Å²) in [5.74, 6) is 2.04. The molecule has 1 amide bonds. The number of para-hydroxylation sites is 2. The van der Waals surface area contributed by atoms with Crippen LogP contribution in [0.25, 0.3) is 0 Å². The number of likely N-dealkylation sites (tertiary alicyclic amines) is 1. The number of amides is 1. The number of nitrogens with zero attached hydrogens (tertiary/aromatic N) is 1. The van der Waals surface area contributed by atoms with Gasteiger partial charge >= 0.3 is 0 Å². The Labute approximate surface area is 133 Å². The lowest BCUT2D eigenvalue weighted by Gasteiger charge is -2.36. The summed E-state index contributed by atoms with van der Waals surface area (Å²) in [5.41, 5.74) is 0. The molecule has 0 N–H and O–H groups in total. The molecule has 1 aromatic carbocycles. The summed E-state index contributed by atoms with van der Waals surface area (Å²) in [4.78, 5) is 14.6. The van der Waals surface area contributed by atoms with Crippen molar-refractivity contribution in [3.63, 3.8) is 0 Å². The van der Waals surface area contributed by atoms with Crippen LogP contribution in [0.5, 0.6) is 11.5 Å². The van der Waals surface area contributed by atoms with Crippen molar-refractivity contribution in [1.82, 2.24) is 4.90 Å². The van der Waals surface area contributed by atoms with Gasteiger partial charge < -0.3 is 14.4 Å². The van der Waals surface area contributed by atoms with Gasteiger partial charge in [0.2, 0.25) is 6.10 Å². The zero-order valence-corrected chi connectivity index (χ0v) is 13.5. The second kappa shape index (κ2) is 6.69. The maximum absolute atomic E-state index is 12.6. The number of rotatable bonds is 3. The molecule has 5 heteroatoms. The van der Waals surface area contributed by atoms with Crippen LogP contribution < -0.4 is 9.47 Å². The Bertz CT molecular complexity index is 506. The molecule has 0 bridgehead atoms. The fourth-order valence-electron chi connectivity index (χ4n) is 3.00. The van der Waals surface area contributed by atoms with Gasteiger partial charge in [0, 0.05) is 18.4 Å². The molecule has 0 aliphatic carbocycles. The summed E-state index contributed by atoms with van der Waals surface area (Å²) in [6.45, 7) is 1.97. The van der Waals surface area contributed by atoms with Gasteiger partial charge in [-0.3, -0.25) is 4.79 Å². The van der Waals surface area contributed by atoms with Crippen LogP contribution in [-0.2, 0) is 4.79 Å². The zero-order valence-electron chi connectivity index (χ0n) is 12.0. The van der Waals surface area contributed by atoms with Crippen molar-refractivity contribution in [2.24, 2.45) is 5.92 Å². The number of carbonyl (C=O) groups excluding carboxylic acids is 1. The van der Waals surface area contributed by atoms with E-state index in [4.69, 9.17) is 9.47 Å². The highest BCUT2D eigenvalue weighted by molar-refractivity contribution is 9.09. The molecule has 2 heterocycles. The Balaban J connectivity index is 1.63. The third-order valence-corrected chi connectivity index (χ3v) is 4.59. The molecule has 3 rings (SSSR count). The highest BCUT2D eigenvalue weighted by Gasteiger charge is 2.33. The monoisotopic (exact) mass is 353 g/mol. The van der Waals surface area contributed by atoms with Gasteiger partial charge in [0.1, 0.15) is 6.61 Å². The van der Waals surface area contributed by atoms with E-state index in [1.165, 1.54) is 6.42 Å². The van der Waals surface area contributed by atoms with Crippen LogP contribution in [0.15, 0.2) is 24.3 Å². The van der Waals surface area contributed by atoms with E-state index in [0.717, 1.165) is 37.0 Å². The minimum atomic E-state index is -0.511. The van der Waals surface area contributed by atoms with Gasteiger partial charge in [-0.1, -0.05) is 28.1 Å². The van der Waals surface area contributed by atoms with E-state index >= 15 is 0 Å². The summed E-state index contributed by atoms with van der Waals surface area (Å²) < 4.78 is 11.5. The van der Waals surface area contributed by atoms with E-state index in [0.29, 0.717) is 18.3 Å². The molecule has 2 atom stereocenters. The van der Waals surface area contributed by atoms with Crippen LogP contribution in [0.2, 0.25) is 0 Å². The third kappa shape index (κ3) is 3.34. The average molecular weight is 354 g/mol. The Hall–Kier alpha value is -1.23. The van der Waals surface area contributed by atoms with Gasteiger partial charge in [-0.2, -0.15) is 0 Å². The second-order valence-corrected chi connectivity index (χ2v) is 6.43.